The lowest BCUT2D eigenvalue weighted by atomic mass is 10.2. The molecule has 13 heavy (non-hydrogen) atoms. The van der Waals surface area contributed by atoms with Gasteiger partial charge in [-0.05, 0) is 30.7 Å². The summed E-state index contributed by atoms with van der Waals surface area (Å²) in [7, 11) is 0. The summed E-state index contributed by atoms with van der Waals surface area (Å²) in [6, 6.07) is 6.06. The second-order valence-corrected chi connectivity index (χ2v) is 4.06. The SMILES string of the molecule is Cc1cc(Br)cc2cc(CO)[nH]c12. The van der Waals surface area contributed by atoms with Crippen molar-refractivity contribution in [1.29, 1.82) is 0 Å². The van der Waals surface area contributed by atoms with Crippen LogP contribution in [0.25, 0.3) is 10.9 Å². The van der Waals surface area contributed by atoms with Crippen molar-refractivity contribution in [1.82, 2.24) is 4.98 Å². The van der Waals surface area contributed by atoms with Gasteiger partial charge in [-0.25, -0.2) is 0 Å². The third-order valence-corrected chi connectivity index (χ3v) is 2.57. The average molecular weight is 240 g/mol. The fourth-order valence-corrected chi connectivity index (χ4v) is 2.11. The first-order valence-electron chi connectivity index (χ1n) is 4.09. The highest BCUT2D eigenvalue weighted by Crippen LogP contribution is 2.24. The van der Waals surface area contributed by atoms with Gasteiger partial charge in [-0.2, -0.15) is 0 Å². The van der Waals surface area contributed by atoms with Crippen LogP contribution in [0, 0.1) is 6.92 Å². The zero-order valence-corrected chi connectivity index (χ0v) is 8.85. The van der Waals surface area contributed by atoms with Crippen LogP contribution in [0.3, 0.4) is 0 Å². The molecule has 0 saturated carbocycles. The maximum absolute atomic E-state index is 8.96. The first-order chi connectivity index (χ1) is 6.20. The minimum Gasteiger partial charge on any atom is -0.390 e. The van der Waals surface area contributed by atoms with Crippen LogP contribution < -0.4 is 0 Å². The Hall–Kier alpha value is -0.800. The smallest absolute Gasteiger partial charge is 0.0831 e. The number of halogens is 1. The van der Waals surface area contributed by atoms with E-state index in [4.69, 9.17) is 5.11 Å². The summed E-state index contributed by atoms with van der Waals surface area (Å²) in [5.74, 6) is 0. The molecule has 0 aliphatic rings. The van der Waals surface area contributed by atoms with E-state index in [2.05, 4.69) is 27.0 Å². The van der Waals surface area contributed by atoms with Gasteiger partial charge in [0.2, 0.25) is 0 Å². The van der Waals surface area contributed by atoms with Crippen LogP contribution in [0.2, 0.25) is 0 Å². The largest absolute Gasteiger partial charge is 0.390 e. The highest BCUT2D eigenvalue weighted by atomic mass is 79.9. The van der Waals surface area contributed by atoms with E-state index in [1.165, 1.54) is 5.56 Å². The number of aromatic amines is 1. The van der Waals surface area contributed by atoms with Crippen LogP contribution in [-0.4, -0.2) is 10.1 Å². The normalized spacial score (nSPS) is 11.0. The Labute approximate surface area is 84.7 Å². The Morgan fingerprint density at radius 1 is 1.38 bits per heavy atom. The van der Waals surface area contributed by atoms with Gasteiger partial charge in [-0.15, -0.1) is 0 Å². The molecule has 0 aliphatic carbocycles. The van der Waals surface area contributed by atoms with Gasteiger partial charge < -0.3 is 10.1 Å². The number of aliphatic hydroxyl groups is 1. The number of hydrogen-bond acceptors (Lipinski definition) is 1. The average Bonchev–Trinajstić information content (AvgIpc) is 2.47. The van der Waals surface area contributed by atoms with Crippen molar-refractivity contribution in [2.24, 2.45) is 0 Å². The maximum Gasteiger partial charge on any atom is 0.0831 e. The van der Waals surface area contributed by atoms with E-state index in [1.54, 1.807) is 0 Å². The van der Waals surface area contributed by atoms with Gasteiger partial charge in [-0.1, -0.05) is 15.9 Å². The summed E-state index contributed by atoms with van der Waals surface area (Å²) in [5.41, 5.74) is 3.15. The molecule has 68 valence electrons. The van der Waals surface area contributed by atoms with Gasteiger partial charge in [0.15, 0.2) is 0 Å². The molecule has 0 amide bonds. The van der Waals surface area contributed by atoms with Gasteiger partial charge in [0.25, 0.3) is 0 Å². The van der Waals surface area contributed by atoms with E-state index >= 15 is 0 Å². The minimum absolute atomic E-state index is 0.0612. The standard InChI is InChI=1S/C10H10BrNO/c1-6-2-8(11)3-7-4-9(5-13)12-10(6)7/h2-4,12-13H,5H2,1H3. The molecule has 1 aromatic heterocycles. The number of nitrogens with one attached hydrogen (secondary N) is 1. The Bertz CT molecular complexity index is 447. The van der Waals surface area contributed by atoms with Gasteiger partial charge in [0.05, 0.1) is 6.61 Å². The van der Waals surface area contributed by atoms with E-state index in [-0.39, 0.29) is 6.61 Å². The zero-order chi connectivity index (χ0) is 9.42. The summed E-state index contributed by atoms with van der Waals surface area (Å²) in [4.78, 5) is 3.17. The molecule has 0 bridgehead atoms. The first-order valence-corrected chi connectivity index (χ1v) is 4.88. The van der Waals surface area contributed by atoms with Crippen LogP contribution >= 0.6 is 15.9 Å². The first kappa shape index (κ1) is 8.78. The molecular weight excluding hydrogens is 230 g/mol. The van der Waals surface area contributed by atoms with Gasteiger partial charge >= 0.3 is 0 Å². The molecule has 0 radical (unpaired) electrons. The summed E-state index contributed by atoms with van der Waals surface area (Å²) < 4.78 is 1.07. The van der Waals surface area contributed by atoms with Gasteiger partial charge in [-0.3, -0.25) is 0 Å². The molecule has 1 aromatic carbocycles. The van der Waals surface area contributed by atoms with E-state index in [0.29, 0.717) is 0 Å². The highest BCUT2D eigenvalue weighted by Gasteiger charge is 2.03. The van der Waals surface area contributed by atoms with Gasteiger partial charge in [0.1, 0.15) is 0 Å². The quantitative estimate of drug-likeness (QED) is 0.789. The van der Waals surface area contributed by atoms with E-state index in [1.807, 2.05) is 19.1 Å². The Balaban J connectivity index is 2.75. The Morgan fingerprint density at radius 2 is 2.15 bits per heavy atom. The van der Waals surface area contributed by atoms with E-state index < -0.39 is 0 Å². The molecule has 2 aromatic rings. The molecule has 0 fully saturated rings. The summed E-state index contributed by atoms with van der Waals surface area (Å²) >= 11 is 3.44. The molecule has 1 heterocycles. The number of aryl methyl sites for hydroxylation is 1. The lowest BCUT2D eigenvalue weighted by Crippen LogP contribution is -1.80. The number of fused-ring (bicyclic) bond motifs is 1. The monoisotopic (exact) mass is 239 g/mol. The molecule has 0 unspecified atom stereocenters. The van der Waals surface area contributed by atoms with Crippen molar-refractivity contribution >= 4 is 26.8 Å². The highest BCUT2D eigenvalue weighted by molar-refractivity contribution is 9.10. The maximum atomic E-state index is 8.96. The van der Waals surface area contributed by atoms with E-state index in [9.17, 15) is 0 Å². The number of aliphatic hydroxyl groups excluding tert-OH is 1. The number of benzene rings is 1. The second kappa shape index (κ2) is 3.16. The summed E-state index contributed by atoms with van der Waals surface area (Å²) in [5, 5.41) is 10.1. The summed E-state index contributed by atoms with van der Waals surface area (Å²) in [6.45, 7) is 2.11. The molecular formula is C10H10BrNO. The number of aromatic nitrogens is 1. The molecule has 0 atom stereocenters. The molecule has 2 nitrogen and oxygen atoms in total. The van der Waals surface area contributed by atoms with Crippen LogP contribution in [0.15, 0.2) is 22.7 Å². The Kier molecular flexibility index (Phi) is 2.14. The van der Waals surface area contributed by atoms with E-state index in [0.717, 1.165) is 21.1 Å². The fraction of sp³-hybridized carbons (Fsp3) is 0.200. The topological polar surface area (TPSA) is 36.0 Å². The van der Waals surface area contributed by atoms with Crippen molar-refractivity contribution in [2.45, 2.75) is 13.5 Å². The molecule has 0 spiro atoms. The molecule has 3 heteroatoms. The third-order valence-electron chi connectivity index (χ3n) is 2.12. The minimum atomic E-state index is 0.0612. The van der Waals surface area contributed by atoms with Crippen molar-refractivity contribution in [2.75, 3.05) is 0 Å². The summed E-state index contributed by atoms with van der Waals surface area (Å²) in [6.07, 6.45) is 0. The van der Waals surface area contributed by atoms with Crippen LogP contribution in [0.5, 0.6) is 0 Å². The van der Waals surface area contributed by atoms with Crippen LogP contribution in [0.4, 0.5) is 0 Å². The van der Waals surface area contributed by atoms with Gasteiger partial charge in [0, 0.05) is 21.1 Å². The molecule has 2 N–H and O–H groups in total. The van der Waals surface area contributed by atoms with Crippen LogP contribution in [0.1, 0.15) is 11.3 Å². The number of rotatable bonds is 1. The predicted octanol–water partition coefficient (Wildman–Crippen LogP) is 2.73. The third kappa shape index (κ3) is 1.49. The lowest BCUT2D eigenvalue weighted by molar-refractivity contribution is 0.278. The fourth-order valence-electron chi connectivity index (χ4n) is 1.52. The van der Waals surface area contributed by atoms with Crippen molar-refractivity contribution in [3.05, 3.63) is 33.9 Å². The molecule has 2 rings (SSSR count). The second-order valence-electron chi connectivity index (χ2n) is 3.14. The van der Waals surface area contributed by atoms with Crippen molar-refractivity contribution in [3.8, 4) is 0 Å². The van der Waals surface area contributed by atoms with Crippen molar-refractivity contribution in [3.63, 3.8) is 0 Å². The van der Waals surface area contributed by atoms with Crippen molar-refractivity contribution < 1.29 is 5.11 Å². The Morgan fingerprint density at radius 3 is 2.85 bits per heavy atom. The zero-order valence-electron chi connectivity index (χ0n) is 7.26. The number of hydrogen-bond donors (Lipinski definition) is 2. The lowest BCUT2D eigenvalue weighted by Gasteiger charge is -1.96. The number of H-pyrrole nitrogens is 1. The van der Waals surface area contributed by atoms with Crippen LogP contribution in [-0.2, 0) is 6.61 Å². The predicted molar refractivity (Wildman–Crippen MR) is 56.7 cm³/mol. The molecule has 0 saturated heterocycles. The molecule has 0 aliphatic heterocycles.